The maximum atomic E-state index is 12.4. The molecule has 0 bridgehead atoms. The normalized spacial score (nSPS) is 12.1. The van der Waals surface area contributed by atoms with E-state index in [1.807, 2.05) is 48.5 Å². The van der Waals surface area contributed by atoms with Crippen LogP contribution in [0.3, 0.4) is 0 Å². The van der Waals surface area contributed by atoms with Gasteiger partial charge in [-0.3, -0.25) is 0 Å². The summed E-state index contributed by atoms with van der Waals surface area (Å²) in [5.74, 6) is 1.35. The van der Waals surface area contributed by atoms with Crippen LogP contribution in [-0.4, -0.2) is 32.9 Å². The van der Waals surface area contributed by atoms with Gasteiger partial charge in [-0.05, 0) is 29.7 Å². The predicted octanol–water partition coefficient (Wildman–Crippen LogP) is 3.77. The number of aromatic nitrogens is 1. The highest BCUT2D eigenvalue weighted by Crippen LogP contribution is 2.40. The molecule has 25 heavy (non-hydrogen) atoms. The molecule has 0 aliphatic heterocycles. The van der Waals surface area contributed by atoms with Crippen molar-refractivity contribution in [2.24, 2.45) is 0 Å². The molecular weight excluding hydrogens is 338 g/mol. The van der Waals surface area contributed by atoms with Gasteiger partial charge in [0.2, 0.25) is 10.0 Å². The fourth-order valence-corrected chi connectivity index (χ4v) is 4.48. The monoisotopic (exact) mass is 355 g/mol. The quantitative estimate of drug-likeness (QED) is 0.561. The van der Waals surface area contributed by atoms with Gasteiger partial charge in [-0.1, -0.05) is 18.2 Å². The molecule has 0 saturated carbocycles. The lowest BCUT2D eigenvalue weighted by atomic mass is 10.0. The lowest BCUT2D eigenvalue weighted by Gasteiger charge is -2.10. The fraction of sp³-hybridized carbons (Fsp3) is 0.158. The highest BCUT2D eigenvalue weighted by molar-refractivity contribution is 7.89. The molecule has 0 radical (unpaired) electrons. The van der Waals surface area contributed by atoms with Crippen LogP contribution in [0.5, 0.6) is 11.5 Å². The Bertz CT molecular complexity index is 1240. The first-order valence-corrected chi connectivity index (χ1v) is 9.59. The number of benzene rings is 3. The minimum Gasteiger partial charge on any atom is -0.497 e. The Balaban J connectivity index is 2.34. The van der Waals surface area contributed by atoms with Gasteiger partial charge in [0.05, 0.1) is 31.5 Å². The van der Waals surface area contributed by atoms with Crippen LogP contribution in [0.25, 0.3) is 32.6 Å². The van der Waals surface area contributed by atoms with E-state index < -0.39 is 10.0 Å². The van der Waals surface area contributed by atoms with E-state index in [0.29, 0.717) is 22.5 Å². The zero-order valence-electron chi connectivity index (χ0n) is 14.1. The van der Waals surface area contributed by atoms with E-state index in [1.54, 1.807) is 14.2 Å². The number of fused-ring (bicyclic) bond motifs is 5. The lowest BCUT2D eigenvalue weighted by molar-refractivity contribution is 0.398. The molecule has 4 aromatic rings. The minimum atomic E-state index is -3.46. The lowest BCUT2D eigenvalue weighted by Crippen LogP contribution is -2.09. The van der Waals surface area contributed by atoms with Crippen molar-refractivity contribution in [2.75, 3.05) is 20.5 Å². The first-order chi connectivity index (χ1) is 12.0. The molecule has 0 amide bonds. The Hall–Kier alpha value is -2.73. The van der Waals surface area contributed by atoms with Gasteiger partial charge < -0.3 is 9.47 Å². The second-order valence-electron chi connectivity index (χ2n) is 5.93. The van der Waals surface area contributed by atoms with Crippen molar-refractivity contribution in [3.8, 4) is 11.5 Å². The molecule has 1 heterocycles. The average Bonchev–Trinajstić information content (AvgIpc) is 2.95. The van der Waals surface area contributed by atoms with E-state index in [-0.39, 0.29) is 0 Å². The summed E-state index contributed by atoms with van der Waals surface area (Å²) in [6, 6.07) is 15.0. The molecule has 0 N–H and O–H groups in total. The first-order valence-electron chi connectivity index (χ1n) is 7.74. The standard InChI is InChI=1S/C19H17NO4S/c1-23-12-10-15-13(18(11-12)24-2)8-9-17-19(15)14-6-4-5-7-16(14)20(17)25(3,21)22/h4-11H,1-3H3. The van der Waals surface area contributed by atoms with Gasteiger partial charge in [0.15, 0.2) is 0 Å². The number of para-hydroxylation sites is 1. The molecule has 4 rings (SSSR count). The van der Waals surface area contributed by atoms with Crippen LogP contribution in [0.1, 0.15) is 0 Å². The second kappa shape index (κ2) is 5.39. The van der Waals surface area contributed by atoms with E-state index in [1.165, 1.54) is 10.2 Å². The Kier molecular flexibility index (Phi) is 3.40. The minimum absolute atomic E-state index is 0.645. The van der Waals surface area contributed by atoms with Crippen LogP contribution in [0.2, 0.25) is 0 Å². The number of hydrogen-bond acceptors (Lipinski definition) is 4. The van der Waals surface area contributed by atoms with Crippen LogP contribution in [0.4, 0.5) is 0 Å². The Morgan fingerprint density at radius 3 is 2.28 bits per heavy atom. The maximum absolute atomic E-state index is 12.4. The zero-order valence-corrected chi connectivity index (χ0v) is 14.9. The van der Waals surface area contributed by atoms with E-state index in [9.17, 15) is 8.42 Å². The van der Waals surface area contributed by atoms with Gasteiger partial charge in [-0.25, -0.2) is 12.4 Å². The predicted molar refractivity (Wildman–Crippen MR) is 100 cm³/mol. The van der Waals surface area contributed by atoms with Crippen LogP contribution in [0.15, 0.2) is 48.5 Å². The third-order valence-electron chi connectivity index (χ3n) is 4.45. The largest absolute Gasteiger partial charge is 0.497 e. The van der Waals surface area contributed by atoms with E-state index in [2.05, 4.69) is 0 Å². The molecule has 0 atom stereocenters. The Labute approximate surface area is 145 Å². The van der Waals surface area contributed by atoms with E-state index in [4.69, 9.17) is 9.47 Å². The molecule has 1 aromatic heterocycles. The van der Waals surface area contributed by atoms with Gasteiger partial charge >= 0.3 is 0 Å². The number of rotatable bonds is 3. The van der Waals surface area contributed by atoms with Crippen LogP contribution in [0, 0.1) is 0 Å². The number of ether oxygens (including phenoxy) is 2. The van der Waals surface area contributed by atoms with Gasteiger partial charge in [0, 0.05) is 22.2 Å². The van der Waals surface area contributed by atoms with Crippen molar-refractivity contribution >= 4 is 42.6 Å². The fourth-order valence-electron chi connectivity index (χ4n) is 3.45. The van der Waals surface area contributed by atoms with Crippen molar-refractivity contribution < 1.29 is 17.9 Å². The molecule has 0 fully saturated rings. The summed E-state index contributed by atoms with van der Waals surface area (Å²) in [5, 5.41) is 3.55. The molecule has 0 unspecified atom stereocenters. The van der Waals surface area contributed by atoms with Crippen molar-refractivity contribution in [1.29, 1.82) is 0 Å². The third kappa shape index (κ3) is 2.25. The second-order valence-corrected chi connectivity index (χ2v) is 7.76. The van der Waals surface area contributed by atoms with Crippen molar-refractivity contribution in [3.63, 3.8) is 0 Å². The maximum Gasteiger partial charge on any atom is 0.236 e. The van der Waals surface area contributed by atoms with Gasteiger partial charge in [-0.15, -0.1) is 0 Å². The zero-order chi connectivity index (χ0) is 17.8. The smallest absolute Gasteiger partial charge is 0.236 e. The summed E-state index contributed by atoms with van der Waals surface area (Å²) < 4.78 is 37.1. The molecule has 5 nitrogen and oxygen atoms in total. The molecule has 0 aliphatic rings. The molecule has 3 aromatic carbocycles. The summed E-state index contributed by atoms with van der Waals surface area (Å²) in [6.45, 7) is 0. The van der Waals surface area contributed by atoms with Gasteiger partial charge in [0.25, 0.3) is 0 Å². The van der Waals surface area contributed by atoms with Gasteiger partial charge in [-0.2, -0.15) is 0 Å². The molecule has 6 heteroatoms. The van der Waals surface area contributed by atoms with Gasteiger partial charge in [0.1, 0.15) is 11.5 Å². The van der Waals surface area contributed by atoms with Crippen molar-refractivity contribution in [1.82, 2.24) is 3.97 Å². The molecule has 128 valence electrons. The topological polar surface area (TPSA) is 57.5 Å². The average molecular weight is 355 g/mol. The molecule has 0 saturated heterocycles. The number of hydrogen-bond donors (Lipinski definition) is 0. The Morgan fingerprint density at radius 1 is 0.840 bits per heavy atom. The Morgan fingerprint density at radius 2 is 1.60 bits per heavy atom. The highest BCUT2D eigenvalue weighted by atomic mass is 32.2. The summed E-state index contributed by atoms with van der Waals surface area (Å²) in [7, 11) is -0.251. The van der Waals surface area contributed by atoms with Crippen molar-refractivity contribution in [3.05, 3.63) is 48.5 Å². The molecule has 0 aliphatic carbocycles. The summed E-state index contributed by atoms with van der Waals surface area (Å²) in [6.07, 6.45) is 1.22. The van der Waals surface area contributed by atoms with Crippen LogP contribution in [-0.2, 0) is 10.0 Å². The number of methoxy groups -OCH3 is 2. The molecule has 0 spiro atoms. The number of nitrogens with zero attached hydrogens (tertiary/aromatic N) is 1. The van der Waals surface area contributed by atoms with E-state index in [0.717, 1.165) is 21.5 Å². The SMILES string of the molecule is COc1cc(OC)c2ccc3c(c2c1)c1ccccc1n3S(C)(=O)=O. The van der Waals surface area contributed by atoms with Crippen LogP contribution < -0.4 is 9.47 Å². The third-order valence-corrected chi connectivity index (χ3v) is 5.50. The van der Waals surface area contributed by atoms with Crippen LogP contribution >= 0.6 is 0 Å². The summed E-state index contributed by atoms with van der Waals surface area (Å²) in [5.41, 5.74) is 1.31. The van der Waals surface area contributed by atoms with Crippen molar-refractivity contribution in [2.45, 2.75) is 0 Å². The van der Waals surface area contributed by atoms with E-state index >= 15 is 0 Å². The summed E-state index contributed by atoms with van der Waals surface area (Å²) >= 11 is 0. The molecular formula is C19H17NO4S. The highest BCUT2D eigenvalue weighted by Gasteiger charge is 2.20. The first kappa shape index (κ1) is 15.8. The summed E-state index contributed by atoms with van der Waals surface area (Å²) in [4.78, 5) is 0.